The smallest absolute Gasteiger partial charge is 0.127 e. The second-order valence-electron chi connectivity index (χ2n) is 3.56. The number of hydrogen-bond acceptors (Lipinski definition) is 1. The van der Waals surface area contributed by atoms with Crippen LogP contribution in [-0.4, -0.2) is 0 Å². The minimum absolute atomic E-state index is 0.271. The van der Waals surface area contributed by atoms with Gasteiger partial charge >= 0.3 is 0 Å². The Morgan fingerprint density at radius 3 is 2.76 bits per heavy atom. The first-order valence-electron chi connectivity index (χ1n) is 4.89. The average molecular weight is 354 g/mol. The largest absolute Gasteiger partial charge is 0.207 e. The molecule has 0 saturated carbocycles. The zero-order valence-electron chi connectivity index (χ0n) is 8.59. The van der Waals surface area contributed by atoms with Gasteiger partial charge in [0.25, 0.3) is 0 Å². The molecule has 0 fully saturated rings. The van der Waals surface area contributed by atoms with Crippen LogP contribution in [0.5, 0.6) is 0 Å². The molecule has 1 heterocycles. The van der Waals surface area contributed by atoms with Crippen molar-refractivity contribution in [3.63, 3.8) is 0 Å². The molecule has 0 nitrogen and oxygen atoms in total. The van der Waals surface area contributed by atoms with Crippen molar-refractivity contribution in [3.05, 3.63) is 55.4 Å². The minimum Gasteiger partial charge on any atom is -0.207 e. The molecule has 0 aliphatic carbocycles. The fraction of sp³-hybridized carbons (Fsp3) is 0.167. The van der Waals surface area contributed by atoms with Gasteiger partial charge in [-0.3, -0.25) is 0 Å². The Balaban J connectivity index is 2.21. The van der Waals surface area contributed by atoms with Crippen LogP contribution in [0.15, 0.2) is 33.4 Å². The normalized spacial score (nSPS) is 12.7. The van der Waals surface area contributed by atoms with Crippen molar-refractivity contribution in [1.82, 2.24) is 0 Å². The van der Waals surface area contributed by atoms with Gasteiger partial charge < -0.3 is 0 Å². The lowest BCUT2D eigenvalue weighted by Gasteiger charge is -2.10. The highest BCUT2D eigenvalue weighted by Crippen LogP contribution is 2.33. The van der Waals surface area contributed by atoms with Crippen molar-refractivity contribution in [2.75, 3.05) is 0 Å². The monoisotopic (exact) mass is 352 g/mol. The van der Waals surface area contributed by atoms with Crippen LogP contribution in [0.4, 0.5) is 4.39 Å². The maximum Gasteiger partial charge on any atom is 0.127 e. The van der Waals surface area contributed by atoms with Gasteiger partial charge in [-0.1, -0.05) is 17.7 Å². The van der Waals surface area contributed by atoms with Crippen molar-refractivity contribution < 1.29 is 4.39 Å². The highest BCUT2D eigenvalue weighted by molar-refractivity contribution is 9.11. The molecule has 2 rings (SSSR count). The van der Waals surface area contributed by atoms with E-state index < -0.39 is 0 Å². The Hall–Kier alpha value is -0.0900. The van der Waals surface area contributed by atoms with Gasteiger partial charge in [0.2, 0.25) is 0 Å². The summed E-state index contributed by atoms with van der Waals surface area (Å²) in [6, 6.07) is 6.60. The van der Waals surface area contributed by atoms with Crippen molar-refractivity contribution in [1.29, 1.82) is 0 Å². The molecule has 1 aromatic carbocycles. The Kier molecular flexibility index (Phi) is 4.47. The van der Waals surface area contributed by atoms with Gasteiger partial charge in [0.1, 0.15) is 5.82 Å². The molecule has 2 aromatic rings. The lowest BCUT2D eigenvalue weighted by molar-refractivity contribution is 0.607. The van der Waals surface area contributed by atoms with Crippen LogP contribution >= 0.6 is 50.5 Å². The zero-order chi connectivity index (χ0) is 12.4. The van der Waals surface area contributed by atoms with E-state index in [2.05, 4.69) is 15.9 Å². The summed E-state index contributed by atoms with van der Waals surface area (Å²) in [5, 5.41) is 2.10. The summed E-state index contributed by atoms with van der Waals surface area (Å²) in [5.41, 5.74) is 1.44. The number of alkyl halides is 1. The second-order valence-corrected chi connectivity index (χ2v) is 6.78. The second kappa shape index (κ2) is 5.70. The fourth-order valence-corrected chi connectivity index (χ4v) is 3.34. The molecule has 0 aliphatic rings. The van der Waals surface area contributed by atoms with E-state index in [-0.39, 0.29) is 11.2 Å². The SMILES string of the molecule is Fc1cccc(Cl)c1CC(Cl)c1csc(Br)c1. The van der Waals surface area contributed by atoms with Crippen LogP contribution in [0, 0.1) is 5.82 Å². The number of rotatable bonds is 3. The molecule has 0 N–H and O–H groups in total. The predicted molar refractivity (Wildman–Crippen MR) is 75.7 cm³/mol. The van der Waals surface area contributed by atoms with Crippen LogP contribution in [0.1, 0.15) is 16.5 Å². The standard InChI is InChI=1S/C12H8BrCl2FS/c13-12-4-7(6-17-12)10(15)5-8-9(14)2-1-3-11(8)16/h1-4,6,10H,5H2. The number of benzene rings is 1. The zero-order valence-corrected chi connectivity index (χ0v) is 12.5. The van der Waals surface area contributed by atoms with Gasteiger partial charge in [-0.05, 0) is 51.5 Å². The van der Waals surface area contributed by atoms with Crippen LogP contribution in [0.25, 0.3) is 0 Å². The van der Waals surface area contributed by atoms with Crippen molar-refractivity contribution in [3.8, 4) is 0 Å². The molecule has 1 aromatic heterocycles. The summed E-state index contributed by atoms with van der Waals surface area (Å²) < 4.78 is 14.6. The number of hydrogen-bond donors (Lipinski definition) is 0. The summed E-state index contributed by atoms with van der Waals surface area (Å²) in [6.45, 7) is 0. The topological polar surface area (TPSA) is 0 Å². The molecule has 1 unspecified atom stereocenters. The molecule has 0 saturated heterocycles. The number of halogens is 4. The number of thiophene rings is 1. The summed E-state index contributed by atoms with van der Waals surface area (Å²) in [6.07, 6.45) is 0.385. The third kappa shape index (κ3) is 3.22. The fourth-order valence-electron chi connectivity index (χ4n) is 1.51. The molecule has 90 valence electrons. The van der Waals surface area contributed by atoms with Gasteiger partial charge in [0, 0.05) is 10.6 Å². The Bertz CT molecular complexity index is 507. The first-order chi connectivity index (χ1) is 8.08. The lowest BCUT2D eigenvalue weighted by Crippen LogP contribution is -1.98. The molecular weight excluding hydrogens is 346 g/mol. The van der Waals surface area contributed by atoms with E-state index in [0.717, 1.165) is 9.35 Å². The van der Waals surface area contributed by atoms with E-state index in [4.69, 9.17) is 23.2 Å². The Morgan fingerprint density at radius 2 is 2.18 bits per heavy atom. The van der Waals surface area contributed by atoms with Crippen molar-refractivity contribution >= 4 is 50.5 Å². The van der Waals surface area contributed by atoms with E-state index in [1.54, 1.807) is 23.5 Å². The van der Waals surface area contributed by atoms with Crippen molar-refractivity contribution in [2.45, 2.75) is 11.8 Å². The Morgan fingerprint density at radius 1 is 1.41 bits per heavy atom. The molecule has 0 radical (unpaired) electrons. The molecule has 0 spiro atoms. The molecule has 0 amide bonds. The van der Waals surface area contributed by atoms with Gasteiger partial charge in [-0.15, -0.1) is 22.9 Å². The van der Waals surface area contributed by atoms with Crippen LogP contribution in [-0.2, 0) is 6.42 Å². The lowest BCUT2D eigenvalue weighted by atomic mass is 10.1. The van der Waals surface area contributed by atoms with Gasteiger partial charge in [0.05, 0.1) is 9.16 Å². The van der Waals surface area contributed by atoms with Crippen LogP contribution in [0.2, 0.25) is 5.02 Å². The van der Waals surface area contributed by atoms with Gasteiger partial charge in [0.15, 0.2) is 0 Å². The third-order valence-corrected chi connectivity index (χ3v) is 4.68. The highest BCUT2D eigenvalue weighted by Gasteiger charge is 2.15. The summed E-state index contributed by atoms with van der Waals surface area (Å²) >= 11 is 17.2. The molecule has 0 bridgehead atoms. The van der Waals surface area contributed by atoms with Gasteiger partial charge in [-0.25, -0.2) is 4.39 Å². The predicted octanol–water partition coefficient (Wildman–Crippen LogP) is 5.83. The van der Waals surface area contributed by atoms with E-state index in [1.165, 1.54) is 6.07 Å². The van der Waals surface area contributed by atoms with Crippen molar-refractivity contribution in [2.24, 2.45) is 0 Å². The third-order valence-electron chi connectivity index (χ3n) is 2.39. The van der Waals surface area contributed by atoms with E-state index in [1.807, 2.05) is 11.4 Å². The minimum atomic E-state index is -0.308. The van der Waals surface area contributed by atoms with E-state index in [0.29, 0.717) is 17.0 Å². The van der Waals surface area contributed by atoms with Crippen LogP contribution < -0.4 is 0 Å². The average Bonchev–Trinajstić information content (AvgIpc) is 2.70. The summed E-state index contributed by atoms with van der Waals surface area (Å²) in [4.78, 5) is 0. The first-order valence-corrected chi connectivity index (χ1v) is 7.37. The van der Waals surface area contributed by atoms with Crippen LogP contribution in [0.3, 0.4) is 0 Å². The van der Waals surface area contributed by atoms with E-state index >= 15 is 0 Å². The summed E-state index contributed by atoms with van der Waals surface area (Å²) in [7, 11) is 0. The molecule has 0 aliphatic heterocycles. The molecule has 5 heteroatoms. The van der Waals surface area contributed by atoms with E-state index in [9.17, 15) is 4.39 Å². The highest BCUT2D eigenvalue weighted by atomic mass is 79.9. The Labute approximate surface area is 121 Å². The quantitative estimate of drug-likeness (QED) is 0.609. The maximum atomic E-state index is 13.6. The molecule has 17 heavy (non-hydrogen) atoms. The first kappa shape index (κ1) is 13.3. The maximum absolute atomic E-state index is 13.6. The molecule has 1 atom stereocenters. The summed E-state index contributed by atoms with van der Waals surface area (Å²) in [5.74, 6) is -0.308. The van der Waals surface area contributed by atoms with Gasteiger partial charge in [-0.2, -0.15) is 0 Å². The molecular formula is C12H8BrCl2FS.